The second kappa shape index (κ2) is 9.05. The zero-order valence-corrected chi connectivity index (χ0v) is 11.9. The Kier molecular flexibility index (Phi) is 10.4. The maximum Gasteiger partial charge on any atom is 1.00 e. The second-order valence-electron chi connectivity index (χ2n) is 2.19. The summed E-state index contributed by atoms with van der Waals surface area (Å²) in [6.07, 6.45) is 0. The molecule has 0 unspecified atom stereocenters. The van der Waals surface area contributed by atoms with Crippen molar-refractivity contribution >= 4 is 11.9 Å². The Morgan fingerprint density at radius 3 is 1.27 bits per heavy atom. The maximum atomic E-state index is 10.3. The van der Waals surface area contributed by atoms with E-state index in [1.807, 2.05) is 0 Å². The van der Waals surface area contributed by atoms with Crippen molar-refractivity contribution < 1.29 is 71.2 Å². The third-order valence-corrected chi connectivity index (χ3v) is 1.38. The Morgan fingerprint density at radius 1 is 0.933 bits per heavy atom. The monoisotopic (exact) mass is 234 g/mol. The van der Waals surface area contributed by atoms with Crippen LogP contribution in [0.2, 0.25) is 0 Å². The fourth-order valence-corrected chi connectivity index (χ4v) is 0.755. The third kappa shape index (κ3) is 6.06. The zero-order valence-electron chi connectivity index (χ0n) is 8.73. The SMILES string of the molecule is O=C(O)c1ccc(C(=O)O)cc1.[CH2-]C.[K+]. The molecular formula is C10H11KO4. The summed E-state index contributed by atoms with van der Waals surface area (Å²) in [6.45, 7) is 5.00. The summed E-state index contributed by atoms with van der Waals surface area (Å²) >= 11 is 0. The summed E-state index contributed by atoms with van der Waals surface area (Å²) in [7, 11) is 0. The number of aromatic carboxylic acids is 2. The van der Waals surface area contributed by atoms with Gasteiger partial charge in [0, 0.05) is 0 Å². The van der Waals surface area contributed by atoms with Crippen molar-refractivity contribution in [3.05, 3.63) is 42.3 Å². The van der Waals surface area contributed by atoms with Crippen LogP contribution >= 0.6 is 0 Å². The molecule has 1 aromatic rings. The predicted molar refractivity (Wildman–Crippen MR) is 51.4 cm³/mol. The maximum absolute atomic E-state index is 10.3. The largest absolute Gasteiger partial charge is 1.00 e. The summed E-state index contributed by atoms with van der Waals surface area (Å²) < 4.78 is 0. The van der Waals surface area contributed by atoms with Gasteiger partial charge in [-0.05, 0) is 24.3 Å². The average Bonchev–Trinajstić information content (AvgIpc) is 2.21. The molecule has 0 aromatic heterocycles. The van der Waals surface area contributed by atoms with Crippen molar-refractivity contribution in [3.8, 4) is 0 Å². The van der Waals surface area contributed by atoms with E-state index in [1.165, 1.54) is 24.3 Å². The van der Waals surface area contributed by atoms with E-state index in [-0.39, 0.29) is 62.5 Å². The van der Waals surface area contributed by atoms with Gasteiger partial charge in [0.25, 0.3) is 0 Å². The molecule has 5 heteroatoms. The number of carbonyl (C=O) groups is 2. The molecule has 0 saturated heterocycles. The number of hydrogen-bond acceptors (Lipinski definition) is 2. The fraction of sp³-hybridized carbons (Fsp3) is 0.100. The number of benzene rings is 1. The van der Waals surface area contributed by atoms with E-state index >= 15 is 0 Å². The standard InChI is InChI=1S/C8H6O4.C2H5.K/c9-7(10)5-1-2-6(4-3-5)8(11)12;1-2;/h1-4H,(H,9,10)(H,11,12);1H2,2H3;/q;-1;+1. The zero-order chi connectivity index (χ0) is 11.1. The van der Waals surface area contributed by atoms with Crippen molar-refractivity contribution in [3.63, 3.8) is 0 Å². The van der Waals surface area contributed by atoms with Crippen molar-refractivity contribution in [1.29, 1.82) is 0 Å². The Morgan fingerprint density at radius 2 is 1.13 bits per heavy atom. The van der Waals surface area contributed by atoms with Gasteiger partial charge in [0.1, 0.15) is 0 Å². The van der Waals surface area contributed by atoms with Gasteiger partial charge in [-0.25, -0.2) is 9.59 Å². The van der Waals surface area contributed by atoms with Crippen LogP contribution in [0.1, 0.15) is 27.6 Å². The molecule has 4 nitrogen and oxygen atoms in total. The number of rotatable bonds is 2. The summed E-state index contributed by atoms with van der Waals surface area (Å²) in [5, 5.41) is 16.9. The van der Waals surface area contributed by atoms with Crippen molar-refractivity contribution in [2.45, 2.75) is 6.92 Å². The molecule has 0 saturated carbocycles. The predicted octanol–water partition coefficient (Wildman–Crippen LogP) is -1.07. The van der Waals surface area contributed by atoms with Crippen LogP contribution in [-0.4, -0.2) is 22.2 Å². The molecule has 0 radical (unpaired) electrons. The summed E-state index contributed by atoms with van der Waals surface area (Å²) in [4.78, 5) is 20.7. The van der Waals surface area contributed by atoms with E-state index in [0.29, 0.717) is 0 Å². The summed E-state index contributed by atoms with van der Waals surface area (Å²) in [6, 6.07) is 5.02. The molecule has 0 amide bonds. The molecule has 0 aliphatic rings. The Bertz CT molecular complexity index is 286. The molecule has 1 rings (SSSR count). The van der Waals surface area contributed by atoms with E-state index < -0.39 is 11.9 Å². The van der Waals surface area contributed by atoms with Crippen molar-refractivity contribution in [2.75, 3.05) is 0 Å². The fourth-order valence-electron chi connectivity index (χ4n) is 0.755. The molecule has 76 valence electrons. The van der Waals surface area contributed by atoms with Crippen LogP contribution in [0.5, 0.6) is 0 Å². The van der Waals surface area contributed by atoms with E-state index in [4.69, 9.17) is 10.2 Å². The number of hydrogen-bond donors (Lipinski definition) is 2. The van der Waals surface area contributed by atoms with Gasteiger partial charge in [-0.15, -0.1) is 0 Å². The van der Waals surface area contributed by atoms with Crippen LogP contribution in [-0.2, 0) is 0 Å². The van der Waals surface area contributed by atoms with E-state index in [2.05, 4.69) is 6.92 Å². The van der Waals surface area contributed by atoms with Crippen LogP contribution in [0, 0.1) is 6.92 Å². The van der Waals surface area contributed by atoms with Gasteiger partial charge >= 0.3 is 63.3 Å². The molecule has 0 heterocycles. The van der Waals surface area contributed by atoms with E-state index in [0.717, 1.165) is 0 Å². The van der Waals surface area contributed by atoms with Crippen LogP contribution in [0.3, 0.4) is 0 Å². The van der Waals surface area contributed by atoms with Crippen molar-refractivity contribution in [1.82, 2.24) is 0 Å². The first-order valence-electron chi connectivity index (χ1n) is 3.88. The van der Waals surface area contributed by atoms with Crippen LogP contribution < -0.4 is 51.4 Å². The average molecular weight is 234 g/mol. The third-order valence-electron chi connectivity index (χ3n) is 1.38. The van der Waals surface area contributed by atoms with Crippen LogP contribution in [0.15, 0.2) is 24.3 Å². The van der Waals surface area contributed by atoms with Gasteiger partial charge in [0.15, 0.2) is 0 Å². The molecule has 0 spiro atoms. The molecule has 0 atom stereocenters. The van der Waals surface area contributed by atoms with Gasteiger partial charge < -0.3 is 17.1 Å². The van der Waals surface area contributed by atoms with Gasteiger partial charge in [0.2, 0.25) is 0 Å². The first-order valence-corrected chi connectivity index (χ1v) is 3.88. The number of carboxylic acids is 2. The minimum atomic E-state index is -1.06. The molecule has 0 aliphatic heterocycles. The van der Waals surface area contributed by atoms with Gasteiger partial charge in [-0.3, -0.25) is 0 Å². The molecule has 0 bridgehead atoms. The smallest absolute Gasteiger partial charge is 0.478 e. The minimum absolute atomic E-state index is 0. The normalized spacial score (nSPS) is 7.87. The van der Waals surface area contributed by atoms with E-state index in [1.54, 1.807) is 6.92 Å². The first kappa shape index (κ1) is 17.2. The van der Waals surface area contributed by atoms with Gasteiger partial charge in [-0.2, -0.15) is 6.92 Å². The summed E-state index contributed by atoms with van der Waals surface area (Å²) in [5.74, 6) is -2.13. The first-order chi connectivity index (χ1) is 6.61. The second-order valence-corrected chi connectivity index (χ2v) is 2.19. The molecule has 15 heavy (non-hydrogen) atoms. The summed E-state index contributed by atoms with van der Waals surface area (Å²) in [5.41, 5.74) is 0.167. The Hall–Kier alpha value is -0.204. The quantitative estimate of drug-likeness (QED) is 0.504. The molecule has 1 aromatic carbocycles. The number of carboxylic acid groups (broad SMARTS) is 2. The van der Waals surface area contributed by atoms with Gasteiger partial charge in [-0.1, -0.05) is 0 Å². The van der Waals surface area contributed by atoms with Gasteiger partial charge in [0.05, 0.1) is 11.1 Å². The Balaban J connectivity index is 0. The van der Waals surface area contributed by atoms with E-state index in [9.17, 15) is 9.59 Å². The molecule has 2 N–H and O–H groups in total. The molecular weight excluding hydrogens is 223 g/mol. The van der Waals surface area contributed by atoms with Crippen LogP contribution in [0.4, 0.5) is 0 Å². The molecule has 0 aliphatic carbocycles. The molecule has 0 fully saturated rings. The van der Waals surface area contributed by atoms with Crippen molar-refractivity contribution in [2.24, 2.45) is 0 Å². The van der Waals surface area contributed by atoms with Crippen LogP contribution in [0.25, 0.3) is 0 Å². The Labute approximate surface area is 131 Å². The minimum Gasteiger partial charge on any atom is -0.478 e. The topological polar surface area (TPSA) is 74.6 Å².